The predicted octanol–water partition coefficient (Wildman–Crippen LogP) is 2.31. The van der Waals surface area contributed by atoms with Crippen LogP contribution in [-0.4, -0.2) is 36.5 Å². The first-order chi connectivity index (χ1) is 10.1. The van der Waals surface area contributed by atoms with Crippen LogP contribution in [0.25, 0.3) is 0 Å². The van der Waals surface area contributed by atoms with E-state index in [2.05, 4.69) is 0 Å². The molecule has 0 saturated carbocycles. The van der Waals surface area contributed by atoms with Gasteiger partial charge in [0.25, 0.3) is 0 Å². The van der Waals surface area contributed by atoms with Crippen molar-refractivity contribution >= 4 is 11.9 Å². The largest absolute Gasteiger partial charge is 0.469 e. The molecule has 114 valence electrons. The molecule has 1 aliphatic rings. The van der Waals surface area contributed by atoms with Crippen molar-refractivity contribution in [2.24, 2.45) is 0 Å². The second-order valence-corrected chi connectivity index (χ2v) is 5.32. The number of hydrogen-bond acceptors (Lipinski definition) is 3. The van der Waals surface area contributed by atoms with Gasteiger partial charge in [-0.2, -0.15) is 0 Å². The minimum atomic E-state index is -0.312. The molecule has 5 heteroatoms. The molecule has 1 fully saturated rings. The summed E-state index contributed by atoms with van der Waals surface area (Å²) in [6, 6.07) is 5.85. The molecule has 0 bridgehead atoms. The van der Waals surface area contributed by atoms with E-state index in [1.54, 1.807) is 17.0 Å². The minimum absolute atomic E-state index is 0.0183. The Balaban J connectivity index is 2.00. The van der Waals surface area contributed by atoms with Gasteiger partial charge >= 0.3 is 5.97 Å². The van der Waals surface area contributed by atoms with Crippen molar-refractivity contribution in [2.75, 3.05) is 13.7 Å². The number of carbonyl (C=O) groups excluding carboxylic acids is 2. The zero-order chi connectivity index (χ0) is 15.2. The van der Waals surface area contributed by atoms with Crippen molar-refractivity contribution in [3.05, 3.63) is 35.6 Å². The third kappa shape index (κ3) is 4.28. The summed E-state index contributed by atoms with van der Waals surface area (Å²) in [6.45, 7) is 0.668. The van der Waals surface area contributed by atoms with E-state index in [4.69, 9.17) is 4.74 Å². The summed E-state index contributed by atoms with van der Waals surface area (Å²) < 4.78 is 17.6. The Morgan fingerprint density at radius 3 is 2.67 bits per heavy atom. The Morgan fingerprint density at radius 1 is 1.29 bits per heavy atom. The van der Waals surface area contributed by atoms with Crippen LogP contribution in [0.5, 0.6) is 0 Å². The maximum absolute atomic E-state index is 12.9. The van der Waals surface area contributed by atoms with Gasteiger partial charge in [-0.05, 0) is 37.0 Å². The van der Waals surface area contributed by atoms with Gasteiger partial charge in [0.15, 0.2) is 0 Å². The number of esters is 1. The Labute approximate surface area is 123 Å². The molecule has 1 amide bonds. The van der Waals surface area contributed by atoms with E-state index in [1.807, 2.05) is 0 Å². The summed E-state index contributed by atoms with van der Waals surface area (Å²) in [5, 5.41) is 0. The number of amides is 1. The van der Waals surface area contributed by atoms with Gasteiger partial charge in [0.05, 0.1) is 20.0 Å². The maximum atomic E-state index is 12.9. The number of nitrogens with zero attached hydrogens (tertiary/aromatic N) is 1. The number of likely N-dealkylation sites (tertiary alicyclic amines) is 1. The number of ether oxygens (including phenoxy) is 1. The fourth-order valence-electron chi connectivity index (χ4n) is 2.70. The molecule has 0 aliphatic carbocycles. The van der Waals surface area contributed by atoms with Crippen LogP contribution in [0.2, 0.25) is 0 Å². The first kappa shape index (κ1) is 15.5. The Kier molecular flexibility index (Phi) is 5.31. The average molecular weight is 293 g/mol. The standard InChI is InChI=1S/C16H20FNO3/c1-21-16(20)11-14-4-2-3-9-18(14)15(19)10-12-5-7-13(17)8-6-12/h5-8,14H,2-4,9-11H2,1H3. The van der Waals surface area contributed by atoms with Gasteiger partial charge in [0.1, 0.15) is 5.82 Å². The summed E-state index contributed by atoms with van der Waals surface area (Å²) >= 11 is 0. The molecule has 0 spiro atoms. The Hall–Kier alpha value is -1.91. The summed E-state index contributed by atoms with van der Waals surface area (Å²) in [4.78, 5) is 25.6. The topological polar surface area (TPSA) is 46.6 Å². The van der Waals surface area contributed by atoms with E-state index >= 15 is 0 Å². The van der Waals surface area contributed by atoms with Gasteiger partial charge in [0, 0.05) is 12.6 Å². The maximum Gasteiger partial charge on any atom is 0.307 e. The number of hydrogen-bond donors (Lipinski definition) is 0. The lowest BCUT2D eigenvalue weighted by molar-refractivity contribution is -0.144. The van der Waals surface area contributed by atoms with Crippen LogP contribution in [0.15, 0.2) is 24.3 Å². The summed E-state index contributed by atoms with van der Waals surface area (Å²) in [5.41, 5.74) is 0.781. The monoisotopic (exact) mass is 293 g/mol. The molecule has 1 aliphatic heterocycles. The van der Waals surface area contributed by atoms with Gasteiger partial charge in [-0.25, -0.2) is 4.39 Å². The molecule has 1 aromatic rings. The number of methoxy groups -OCH3 is 1. The molecule has 1 aromatic carbocycles. The SMILES string of the molecule is COC(=O)CC1CCCCN1C(=O)Cc1ccc(F)cc1. The smallest absolute Gasteiger partial charge is 0.307 e. The molecule has 1 atom stereocenters. The molecule has 4 nitrogen and oxygen atoms in total. The van der Waals surface area contributed by atoms with Crippen LogP contribution < -0.4 is 0 Å². The van der Waals surface area contributed by atoms with E-state index in [9.17, 15) is 14.0 Å². The van der Waals surface area contributed by atoms with Crippen molar-refractivity contribution in [1.29, 1.82) is 0 Å². The highest BCUT2D eigenvalue weighted by Crippen LogP contribution is 2.21. The highest BCUT2D eigenvalue weighted by atomic mass is 19.1. The summed E-state index contributed by atoms with van der Waals surface area (Å²) in [6.07, 6.45) is 3.27. The van der Waals surface area contributed by atoms with Crippen LogP contribution >= 0.6 is 0 Å². The molecular weight excluding hydrogens is 273 g/mol. The fraction of sp³-hybridized carbons (Fsp3) is 0.500. The van der Waals surface area contributed by atoms with E-state index in [0.29, 0.717) is 6.54 Å². The van der Waals surface area contributed by atoms with E-state index in [0.717, 1.165) is 24.8 Å². The van der Waals surface area contributed by atoms with Crippen molar-refractivity contribution in [3.63, 3.8) is 0 Å². The minimum Gasteiger partial charge on any atom is -0.469 e. The van der Waals surface area contributed by atoms with Gasteiger partial charge in [-0.1, -0.05) is 12.1 Å². The summed E-state index contributed by atoms with van der Waals surface area (Å²) in [5.74, 6) is -0.621. The molecular formula is C16H20FNO3. The van der Waals surface area contributed by atoms with Crippen molar-refractivity contribution in [2.45, 2.75) is 38.1 Å². The fourth-order valence-corrected chi connectivity index (χ4v) is 2.70. The van der Waals surface area contributed by atoms with Crippen molar-refractivity contribution in [1.82, 2.24) is 4.90 Å². The lowest BCUT2D eigenvalue weighted by atomic mass is 9.98. The molecule has 21 heavy (non-hydrogen) atoms. The number of piperidine rings is 1. The van der Waals surface area contributed by atoms with Crippen LogP contribution in [0, 0.1) is 5.82 Å². The third-order valence-corrected chi connectivity index (χ3v) is 3.85. The highest BCUT2D eigenvalue weighted by Gasteiger charge is 2.28. The van der Waals surface area contributed by atoms with Crippen LogP contribution in [0.3, 0.4) is 0 Å². The molecule has 1 heterocycles. The van der Waals surface area contributed by atoms with E-state index in [1.165, 1.54) is 19.2 Å². The molecule has 1 unspecified atom stereocenters. The second kappa shape index (κ2) is 7.20. The number of halogens is 1. The summed E-state index contributed by atoms with van der Waals surface area (Å²) in [7, 11) is 1.36. The third-order valence-electron chi connectivity index (χ3n) is 3.85. The Morgan fingerprint density at radius 2 is 2.00 bits per heavy atom. The number of carbonyl (C=O) groups is 2. The van der Waals surface area contributed by atoms with Crippen LogP contribution in [0.4, 0.5) is 4.39 Å². The van der Waals surface area contributed by atoms with Crippen molar-refractivity contribution in [3.8, 4) is 0 Å². The van der Waals surface area contributed by atoms with Gasteiger partial charge in [-0.15, -0.1) is 0 Å². The predicted molar refractivity (Wildman–Crippen MR) is 76.1 cm³/mol. The lowest BCUT2D eigenvalue weighted by Crippen LogP contribution is -2.45. The van der Waals surface area contributed by atoms with Gasteiger partial charge in [0.2, 0.25) is 5.91 Å². The van der Waals surface area contributed by atoms with Gasteiger partial charge < -0.3 is 9.64 Å². The highest BCUT2D eigenvalue weighted by molar-refractivity contribution is 5.80. The quantitative estimate of drug-likeness (QED) is 0.800. The first-order valence-electron chi connectivity index (χ1n) is 7.21. The number of rotatable bonds is 4. The van der Waals surface area contributed by atoms with Gasteiger partial charge in [-0.3, -0.25) is 9.59 Å². The molecule has 2 rings (SSSR count). The number of benzene rings is 1. The normalized spacial score (nSPS) is 18.4. The Bertz CT molecular complexity index is 501. The van der Waals surface area contributed by atoms with E-state index < -0.39 is 0 Å². The molecule has 1 saturated heterocycles. The zero-order valence-corrected chi connectivity index (χ0v) is 12.2. The van der Waals surface area contributed by atoms with Crippen LogP contribution in [0.1, 0.15) is 31.2 Å². The molecule has 0 N–H and O–H groups in total. The first-order valence-corrected chi connectivity index (χ1v) is 7.21. The van der Waals surface area contributed by atoms with Crippen LogP contribution in [-0.2, 0) is 20.7 Å². The lowest BCUT2D eigenvalue weighted by Gasteiger charge is -2.35. The molecule has 0 radical (unpaired) electrons. The zero-order valence-electron chi connectivity index (χ0n) is 12.2. The van der Waals surface area contributed by atoms with E-state index in [-0.39, 0.29) is 36.6 Å². The average Bonchev–Trinajstić information content (AvgIpc) is 2.50. The molecule has 0 aromatic heterocycles. The van der Waals surface area contributed by atoms with Crippen molar-refractivity contribution < 1.29 is 18.7 Å². The second-order valence-electron chi connectivity index (χ2n) is 5.32.